The molecule has 0 saturated carbocycles. The summed E-state index contributed by atoms with van der Waals surface area (Å²) >= 11 is 0. The number of piperazine rings is 1. The van der Waals surface area contributed by atoms with Crippen molar-refractivity contribution in [2.45, 2.75) is 70.9 Å². The fourth-order valence-electron chi connectivity index (χ4n) is 4.63. The maximum absolute atomic E-state index is 12.8. The number of carbonyl (C=O) groups is 3. The van der Waals surface area contributed by atoms with E-state index in [0.717, 1.165) is 51.6 Å². The Kier molecular flexibility index (Phi) is 6.97. The molecule has 0 spiro atoms. The molecule has 2 unspecified atom stereocenters. The summed E-state index contributed by atoms with van der Waals surface area (Å²) in [5.74, 6) is 0.169. The Morgan fingerprint density at radius 1 is 0.929 bits per heavy atom. The van der Waals surface area contributed by atoms with Crippen LogP contribution in [0.3, 0.4) is 0 Å². The van der Waals surface area contributed by atoms with Gasteiger partial charge < -0.3 is 20.0 Å². The van der Waals surface area contributed by atoms with Gasteiger partial charge in [-0.1, -0.05) is 11.6 Å². The molecule has 4 amide bonds. The quantitative estimate of drug-likeness (QED) is 0.731. The molecule has 0 radical (unpaired) electrons. The molecule has 3 aliphatic rings. The molecule has 156 valence electrons. The Labute approximate surface area is 168 Å². The fourth-order valence-corrected chi connectivity index (χ4v) is 4.63. The average Bonchev–Trinajstić information content (AvgIpc) is 3.19. The number of piperidine rings is 1. The van der Waals surface area contributed by atoms with Crippen LogP contribution in [0.4, 0.5) is 4.79 Å². The summed E-state index contributed by atoms with van der Waals surface area (Å²) in [6, 6.07) is 0.0917. The number of hydrogen-bond acceptors (Lipinski definition) is 3. The SMILES string of the molecule is CC(C)=CCCC(=O)N1C2CCCC1CN(C(=O)CNC(=O)N1CCCC1)C2. The third-order valence-corrected chi connectivity index (χ3v) is 6.06. The number of rotatable bonds is 5. The molecule has 3 rings (SSSR count). The zero-order chi connectivity index (χ0) is 20.1. The molecule has 28 heavy (non-hydrogen) atoms. The van der Waals surface area contributed by atoms with Crippen molar-refractivity contribution in [3.8, 4) is 0 Å². The van der Waals surface area contributed by atoms with Crippen molar-refractivity contribution in [1.82, 2.24) is 20.0 Å². The van der Waals surface area contributed by atoms with Crippen LogP contribution in [0.1, 0.15) is 58.8 Å². The molecule has 0 aliphatic carbocycles. The number of carbonyl (C=O) groups excluding carboxylic acids is 3. The van der Waals surface area contributed by atoms with E-state index in [0.29, 0.717) is 19.5 Å². The van der Waals surface area contributed by atoms with E-state index < -0.39 is 0 Å². The Bertz CT molecular complexity index is 609. The molecule has 7 heteroatoms. The first-order chi connectivity index (χ1) is 13.5. The third kappa shape index (κ3) is 5.06. The first-order valence-electron chi connectivity index (χ1n) is 10.7. The maximum atomic E-state index is 12.8. The third-order valence-electron chi connectivity index (χ3n) is 6.06. The molecule has 3 aliphatic heterocycles. The van der Waals surface area contributed by atoms with E-state index in [1.165, 1.54) is 5.57 Å². The van der Waals surface area contributed by atoms with E-state index in [-0.39, 0.29) is 36.5 Å². The highest BCUT2D eigenvalue weighted by molar-refractivity contribution is 5.84. The lowest BCUT2D eigenvalue weighted by Crippen LogP contribution is -2.64. The van der Waals surface area contributed by atoms with Crippen LogP contribution in [-0.4, -0.2) is 77.4 Å². The van der Waals surface area contributed by atoms with Gasteiger partial charge in [0.2, 0.25) is 11.8 Å². The highest BCUT2D eigenvalue weighted by atomic mass is 16.2. The van der Waals surface area contributed by atoms with Gasteiger partial charge >= 0.3 is 6.03 Å². The van der Waals surface area contributed by atoms with Crippen molar-refractivity contribution in [1.29, 1.82) is 0 Å². The van der Waals surface area contributed by atoms with E-state index in [1.807, 2.05) is 18.7 Å². The minimum absolute atomic E-state index is 0.0407. The van der Waals surface area contributed by atoms with Gasteiger partial charge in [-0.05, 0) is 52.4 Å². The minimum atomic E-state index is -0.140. The Morgan fingerprint density at radius 2 is 1.57 bits per heavy atom. The second-order valence-electron chi connectivity index (χ2n) is 8.51. The first kappa shape index (κ1) is 20.7. The molecular weight excluding hydrogens is 356 g/mol. The summed E-state index contributed by atoms with van der Waals surface area (Å²) in [4.78, 5) is 43.2. The van der Waals surface area contributed by atoms with Gasteiger partial charge in [0.25, 0.3) is 0 Å². The van der Waals surface area contributed by atoms with Gasteiger partial charge in [-0.3, -0.25) is 9.59 Å². The van der Waals surface area contributed by atoms with Crippen LogP contribution in [0, 0.1) is 0 Å². The standard InChI is InChI=1S/C21H34N4O3/c1-16(2)7-5-10-19(26)25-17-8-6-9-18(25)15-24(14-17)20(27)13-22-21(28)23-11-3-4-12-23/h7,17-18H,3-6,8-15H2,1-2H3,(H,22,28). The topological polar surface area (TPSA) is 73.0 Å². The van der Waals surface area contributed by atoms with E-state index in [2.05, 4.69) is 16.3 Å². The van der Waals surface area contributed by atoms with Gasteiger partial charge in [0.05, 0.1) is 6.54 Å². The maximum Gasteiger partial charge on any atom is 0.317 e. The van der Waals surface area contributed by atoms with Crippen molar-refractivity contribution >= 4 is 17.8 Å². The molecule has 3 fully saturated rings. The van der Waals surface area contributed by atoms with Crippen LogP contribution >= 0.6 is 0 Å². The molecule has 7 nitrogen and oxygen atoms in total. The second kappa shape index (κ2) is 9.43. The molecule has 0 aromatic rings. The molecule has 2 bridgehead atoms. The Balaban J connectivity index is 1.51. The molecule has 1 N–H and O–H groups in total. The summed E-state index contributed by atoms with van der Waals surface area (Å²) in [6.45, 7) is 6.86. The first-order valence-corrected chi connectivity index (χ1v) is 10.7. The summed E-state index contributed by atoms with van der Waals surface area (Å²) in [5, 5.41) is 2.77. The van der Waals surface area contributed by atoms with Gasteiger partial charge in [0.15, 0.2) is 0 Å². The van der Waals surface area contributed by atoms with Crippen LogP contribution < -0.4 is 5.32 Å². The zero-order valence-corrected chi connectivity index (χ0v) is 17.3. The van der Waals surface area contributed by atoms with Crippen molar-refractivity contribution in [2.75, 3.05) is 32.7 Å². The molecule has 3 saturated heterocycles. The van der Waals surface area contributed by atoms with Gasteiger partial charge in [-0.2, -0.15) is 0 Å². The summed E-state index contributed by atoms with van der Waals surface area (Å²) in [6.07, 6.45) is 8.52. The highest BCUT2D eigenvalue weighted by Gasteiger charge is 2.40. The van der Waals surface area contributed by atoms with Crippen molar-refractivity contribution in [3.05, 3.63) is 11.6 Å². The Morgan fingerprint density at radius 3 is 2.18 bits per heavy atom. The predicted molar refractivity (Wildman–Crippen MR) is 108 cm³/mol. The van der Waals surface area contributed by atoms with Crippen molar-refractivity contribution in [3.63, 3.8) is 0 Å². The average molecular weight is 391 g/mol. The van der Waals surface area contributed by atoms with Crippen molar-refractivity contribution < 1.29 is 14.4 Å². The van der Waals surface area contributed by atoms with Crippen molar-refractivity contribution in [2.24, 2.45) is 0 Å². The van der Waals surface area contributed by atoms with E-state index in [4.69, 9.17) is 0 Å². The summed E-state index contributed by atoms with van der Waals surface area (Å²) in [5.41, 5.74) is 1.24. The number of hydrogen-bond donors (Lipinski definition) is 1. The number of allylic oxidation sites excluding steroid dienone is 2. The van der Waals surface area contributed by atoms with E-state index in [1.54, 1.807) is 4.90 Å². The Hall–Kier alpha value is -2.05. The number of nitrogens with zero attached hydrogens (tertiary/aromatic N) is 3. The number of amides is 4. The largest absolute Gasteiger partial charge is 0.337 e. The minimum Gasteiger partial charge on any atom is -0.337 e. The van der Waals surface area contributed by atoms with Crippen LogP contribution in [0.5, 0.6) is 0 Å². The van der Waals surface area contributed by atoms with Crippen LogP contribution in [0.15, 0.2) is 11.6 Å². The van der Waals surface area contributed by atoms with Gasteiger partial charge in [0, 0.05) is 44.7 Å². The molecule has 3 heterocycles. The molecular formula is C21H34N4O3. The lowest BCUT2D eigenvalue weighted by Gasteiger charge is -2.50. The fraction of sp³-hybridized carbons (Fsp3) is 0.762. The highest BCUT2D eigenvalue weighted by Crippen LogP contribution is 2.29. The van der Waals surface area contributed by atoms with Crippen LogP contribution in [-0.2, 0) is 9.59 Å². The zero-order valence-electron chi connectivity index (χ0n) is 17.3. The van der Waals surface area contributed by atoms with Crippen LogP contribution in [0.2, 0.25) is 0 Å². The smallest absolute Gasteiger partial charge is 0.317 e. The number of likely N-dealkylation sites (tertiary alicyclic amines) is 2. The normalized spacial score (nSPS) is 24.1. The molecule has 0 aromatic carbocycles. The van der Waals surface area contributed by atoms with Crippen LogP contribution in [0.25, 0.3) is 0 Å². The molecule has 2 atom stereocenters. The van der Waals surface area contributed by atoms with E-state index >= 15 is 0 Å². The van der Waals surface area contributed by atoms with Gasteiger partial charge in [0.1, 0.15) is 0 Å². The summed E-state index contributed by atoms with van der Waals surface area (Å²) < 4.78 is 0. The number of nitrogens with one attached hydrogen (secondary N) is 1. The number of urea groups is 1. The number of fused-ring (bicyclic) bond motifs is 2. The molecule has 0 aromatic heterocycles. The second-order valence-corrected chi connectivity index (χ2v) is 8.51. The van der Waals surface area contributed by atoms with E-state index in [9.17, 15) is 14.4 Å². The lowest BCUT2D eigenvalue weighted by atomic mass is 9.90. The van der Waals surface area contributed by atoms with Gasteiger partial charge in [-0.15, -0.1) is 0 Å². The lowest BCUT2D eigenvalue weighted by molar-refractivity contribution is -0.149. The predicted octanol–water partition coefficient (Wildman–Crippen LogP) is 2.13. The monoisotopic (exact) mass is 390 g/mol. The summed E-state index contributed by atoms with van der Waals surface area (Å²) in [7, 11) is 0. The van der Waals surface area contributed by atoms with Gasteiger partial charge in [-0.25, -0.2) is 4.79 Å².